The maximum atomic E-state index is 12.9. The summed E-state index contributed by atoms with van der Waals surface area (Å²) in [6, 6.07) is 10.4. The molecule has 0 unspecified atom stereocenters. The molecular formula is C25H28N2O5. The summed E-state index contributed by atoms with van der Waals surface area (Å²) in [5.74, 6) is -0.536. The van der Waals surface area contributed by atoms with Gasteiger partial charge >= 0.3 is 5.97 Å². The average molecular weight is 437 g/mol. The van der Waals surface area contributed by atoms with Crippen molar-refractivity contribution < 1.29 is 24.3 Å². The molecule has 0 bridgehead atoms. The maximum absolute atomic E-state index is 12.9. The Morgan fingerprint density at radius 2 is 1.91 bits per heavy atom. The Morgan fingerprint density at radius 3 is 2.56 bits per heavy atom. The number of nitrogens with zero attached hydrogens (tertiary/aromatic N) is 2. The zero-order valence-corrected chi connectivity index (χ0v) is 18.8. The minimum atomic E-state index is -0.499. The molecular weight excluding hydrogens is 408 g/mol. The lowest BCUT2D eigenvalue weighted by atomic mass is 9.91. The van der Waals surface area contributed by atoms with E-state index in [1.165, 1.54) is 16.9 Å². The van der Waals surface area contributed by atoms with E-state index in [1.807, 2.05) is 26.0 Å². The minimum Gasteiger partial charge on any atom is -0.507 e. The second-order valence-electron chi connectivity index (χ2n) is 8.33. The first kappa shape index (κ1) is 21.7. The quantitative estimate of drug-likeness (QED) is 0.571. The summed E-state index contributed by atoms with van der Waals surface area (Å²) >= 11 is 0. The van der Waals surface area contributed by atoms with Crippen LogP contribution in [0.5, 0.6) is 11.5 Å². The summed E-state index contributed by atoms with van der Waals surface area (Å²) in [4.78, 5) is 33.3. The Hall–Kier alpha value is -3.48. The molecule has 32 heavy (non-hydrogen) atoms. The van der Waals surface area contributed by atoms with Crippen molar-refractivity contribution in [3.8, 4) is 11.5 Å². The van der Waals surface area contributed by atoms with E-state index in [0.29, 0.717) is 5.75 Å². The number of carbonyl (C=O) groups excluding carboxylic acids is 2. The molecule has 4 rings (SSSR count). The fourth-order valence-corrected chi connectivity index (χ4v) is 4.06. The summed E-state index contributed by atoms with van der Waals surface area (Å²) < 4.78 is 6.66. The number of benzene rings is 2. The highest BCUT2D eigenvalue weighted by molar-refractivity contribution is 5.98. The fraction of sp³-hybridized carbons (Fsp3) is 0.360. The second kappa shape index (κ2) is 8.57. The van der Waals surface area contributed by atoms with Gasteiger partial charge in [-0.2, -0.15) is 4.73 Å². The number of aromatic nitrogens is 1. The number of rotatable bonds is 6. The predicted molar refractivity (Wildman–Crippen MR) is 121 cm³/mol. The third-order valence-corrected chi connectivity index (χ3v) is 6.05. The van der Waals surface area contributed by atoms with E-state index >= 15 is 0 Å². The highest BCUT2D eigenvalue weighted by atomic mass is 16.7. The molecule has 1 aromatic heterocycles. The summed E-state index contributed by atoms with van der Waals surface area (Å²) in [7, 11) is 1.75. The lowest BCUT2D eigenvalue weighted by molar-refractivity contribution is 0.0488. The zero-order valence-electron chi connectivity index (χ0n) is 18.8. The molecule has 1 saturated carbocycles. The highest BCUT2D eigenvalue weighted by Crippen LogP contribution is 2.31. The molecule has 7 heteroatoms. The number of aromatic hydroxyl groups is 1. The first-order valence-electron chi connectivity index (χ1n) is 10.9. The first-order chi connectivity index (χ1) is 15.3. The van der Waals surface area contributed by atoms with Crippen molar-refractivity contribution in [2.75, 3.05) is 13.7 Å². The van der Waals surface area contributed by atoms with Crippen molar-refractivity contribution in [2.45, 2.75) is 46.1 Å². The monoisotopic (exact) mass is 436 g/mol. The van der Waals surface area contributed by atoms with Gasteiger partial charge in [-0.05, 0) is 81.5 Å². The molecule has 1 aliphatic carbocycles. The van der Waals surface area contributed by atoms with E-state index in [0.717, 1.165) is 41.3 Å². The summed E-state index contributed by atoms with van der Waals surface area (Å²) in [6.07, 6.45) is 3.04. The Labute approximate surface area is 187 Å². The molecule has 1 N–H and O–H groups in total. The van der Waals surface area contributed by atoms with Crippen LogP contribution in [-0.2, 0) is 4.74 Å². The van der Waals surface area contributed by atoms with Crippen molar-refractivity contribution in [1.29, 1.82) is 0 Å². The minimum absolute atomic E-state index is 0.108. The van der Waals surface area contributed by atoms with Gasteiger partial charge in [-0.15, -0.1) is 0 Å². The topological polar surface area (TPSA) is 81.0 Å². The van der Waals surface area contributed by atoms with Crippen molar-refractivity contribution in [3.05, 3.63) is 58.8 Å². The van der Waals surface area contributed by atoms with Gasteiger partial charge in [0, 0.05) is 18.5 Å². The van der Waals surface area contributed by atoms with Crippen molar-refractivity contribution in [1.82, 2.24) is 9.63 Å². The fourth-order valence-electron chi connectivity index (χ4n) is 4.06. The number of carbonyl (C=O) groups is 2. The van der Waals surface area contributed by atoms with E-state index < -0.39 is 5.97 Å². The number of esters is 1. The largest absolute Gasteiger partial charge is 0.507 e. The molecule has 1 fully saturated rings. The number of aryl methyl sites for hydroxylation is 2. The van der Waals surface area contributed by atoms with Gasteiger partial charge in [0.25, 0.3) is 5.91 Å². The van der Waals surface area contributed by atoms with E-state index in [1.54, 1.807) is 31.0 Å². The van der Waals surface area contributed by atoms with Crippen molar-refractivity contribution in [2.24, 2.45) is 0 Å². The van der Waals surface area contributed by atoms with Gasteiger partial charge in [-0.3, -0.25) is 4.79 Å². The van der Waals surface area contributed by atoms with E-state index in [4.69, 9.17) is 9.57 Å². The molecule has 0 aliphatic heterocycles. The Morgan fingerprint density at radius 1 is 1.16 bits per heavy atom. The molecule has 1 heterocycles. The van der Waals surface area contributed by atoms with Crippen LogP contribution in [0.15, 0.2) is 36.4 Å². The first-order valence-corrected chi connectivity index (χ1v) is 10.9. The number of phenols is 1. The van der Waals surface area contributed by atoms with E-state index in [2.05, 4.69) is 0 Å². The predicted octanol–water partition coefficient (Wildman–Crippen LogP) is 4.61. The summed E-state index contributed by atoms with van der Waals surface area (Å²) in [6.45, 7) is 5.94. The molecule has 3 aromatic rings. The molecule has 0 spiro atoms. The Balaban J connectivity index is 1.75. The number of hydrogen-bond acceptors (Lipinski definition) is 5. The lowest BCUT2D eigenvalue weighted by Gasteiger charge is -2.34. The number of fused-ring (bicyclic) bond motifs is 1. The standard InChI is InChI=1S/C25H28N2O5/c1-5-31-25(30)22-14-19-16(3)11-15(2)12-21(19)27(22)32-18-9-10-23(28)20(13-18)24(29)26(4)17-7-6-8-17/h9-14,17,28H,5-8H2,1-4H3. The third kappa shape index (κ3) is 3.90. The van der Waals surface area contributed by atoms with Crippen LogP contribution in [0.2, 0.25) is 0 Å². The van der Waals surface area contributed by atoms with Crippen LogP contribution in [-0.4, -0.2) is 46.3 Å². The zero-order chi connectivity index (χ0) is 23.0. The number of phenolic OH excluding ortho intramolecular Hbond substituents is 1. The Kier molecular flexibility index (Phi) is 5.82. The highest BCUT2D eigenvalue weighted by Gasteiger charge is 2.28. The summed E-state index contributed by atoms with van der Waals surface area (Å²) in [5.41, 5.74) is 3.17. The van der Waals surface area contributed by atoms with E-state index in [-0.39, 0.29) is 35.6 Å². The van der Waals surface area contributed by atoms with Gasteiger partial charge < -0.3 is 19.6 Å². The smallest absolute Gasteiger partial charge is 0.358 e. The molecule has 7 nitrogen and oxygen atoms in total. The van der Waals surface area contributed by atoms with Crippen LogP contribution in [0.3, 0.4) is 0 Å². The molecule has 1 aliphatic rings. The second-order valence-corrected chi connectivity index (χ2v) is 8.33. The van der Waals surface area contributed by atoms with Crippen LogP contribution < -0.4 is 4.84 Å². The summed E-state index contributed by atoms with van der Waals surface area (Å²) in [5, 5.41) is 11.2. The van der Waals surface area contributed by atoms with Crippen molar-refractivity contribution in [3.63, 3.8) is 0 Å². The molecule has 0 atom stereocenters. The Bertz CT molecular complexity index is 1190. The molecule has 0 radical (unpaired) electrons. The van der Waals surface area contributed by atoms with Gasteiger partial charge in [-0.25, -0.2) is 4.79 Å². The van der Waals surface area contributed by atoms with Gasteiger partial charge in [-0.1, -0.05) is 6.07 Å². The van der Waals surface area contributed by atoms with Gasteiger partial charge in [0.15, 0.2) is 11.4 Å². The van der Waals surface area contributed by atoms with Crippen LogP contribution >= 0.6 is 0 Å². The van der Waals surface area contributed by atoms with Crippen LogP contribution in [0.4, 0.5) is 0 Å². The lowest BCUT2D eigenvalue weighted by Crippen LogP contribution is -2.41. The average Bonchev–Trinajstić information content (AvgIpc) is 3.06. The molecule has 2 aromatic carbocycles. The van der Waals surface area contributed by atoms with Crippen LogP contribution in [0.1, 0.15) is 58.2 Å². The van der Waals surface area contributed by atoms with Crippen LogP contribution in [0.25, 0.3) is 10.9 Å². The third-order valence-electron chi connectivity index (χ3n) is 6.05. The maximum Gasteiger partial charge on any atom is 0.358 e. The van der Waals surface area contributed by atoms with Gasteiger partial charge in [0.05, 0.1) is 17.7 Å². The molecule has 0 saturated heterocycles. The number of hydrogen-bond donors (Lipinski definition) is 1. The van der Waals surface area contributed by atoms with E-state index in [9.17, 15) is 14.7 Å². The number of ether oxygens (including phenoxy) is 1. The molecule has 168 valence electrons. The van der Waals surface area contributed by atoms with Gasteiger partial charge in [0.2, 0.25) is 0 Å². The SMILES string of the molecule is CCOC(=O)c1cc2c(C)cc(C)cc2n1Oc1ccc(O)c(C(=O)N(C)C2CCC2)c1. The molecule has 1 amide bonds. The van der Waals surface area contributed by atoms with Crippen molar-refractivity contribution >= 4 is 22.8 Å². The van der Waals surface area contributed by atoms with Crippen LogP contribution in [0, 0.1) is 13.8 Å². The normalized spacial score (nSPS) is 13.6. The number of amides is 1. The van der Waals surface area contributed by atoms with Gasteiger partial charge in [0.1, 0.15) is 5.75 Å².